The molecule has 0 N–H and O–H groups in total. The zero-order valence-electron chi connectivity index (χ0n) is 11.6. The molecule has 0 radical (unpaired) electrons. The van der Waals surface area contributed by atoms with Crippen molar-refractivity contribution in [2.45, 2.75) is 39.4 Å². The summed E-state index contributed by atoms with van der Waals surface area (Å²) in [5.41, 5.74) is 5.04. The van der Waals surface area contributed by atoms with Crippen molar-refractivity contribution >= 4 is 6.08 Å². The molecular weight excluding hydrogens is 236 g/mol. The van der Waals surface area contributed by atoms with E-state index in [-0.39, 0.29) is 6.29 Å². The summed E-state index contributed by atoms with van der Waals surface area (Å²) in [6, 6.07) is 6.37. The summed E-state index contributed by atoms with van der Waals surface area (Å²) in [5, 5.41) is 0. The third-order valence-corrected chi connectivity index (χ3v) is 3.60. The molecule has 2 aliphatic rings. The number of allylic oxidation sites excluding steroid dienone is 2. The molecule has 1 aromatic carbocycles. The number of rotatable bonds is 2. The Balaban J connectivity index is 1.95. The van der Waals surface area contributed by atoms with Gasteiger partial charge in [-0.25, -0.2) is 0 Å². The van der Waals surface area contributed by atoms with Crippen LogP contribution in [0.15, 0.2) is 35.4 Å². The normalized spacial score (nSPS) is 20.7. The van der Waals surface area contributed by atoms with Crippen molar-refractivity contribution in [2.24, 2.45) is 0 Å². The monoisotopic (exact) mass is 256 g/mol. The van der Waals surface area contributed by atoms with Gasteiger partial charge in [0, 0.05) is 5.56 Å². The number of ether oxygens (including phenoxy) is 2. The molecule has 0 saturated carbocycles. The van der Waals surface area contributed by atoms with Crippen molar-refractivity contribution in [1.82, 2.24) is 0 Å². The molecule has 0 spiro atoms. The molecule has 100 valence electrons. The summed E-state index contributed by atoms with van der Waals surface area (Å²) in [6.07, 6.45) is 7.42. The van der Waals surface area contributed by atoms with E-state index in [1.807, 2.05) is 0 Å². The second-order valence-electron chi connectivity index (χ2n) is 5.46. The Morgan fingerprint density at radius 2 is 2.26 bits per heavy atom. The molecule has 2 nitrogen and oxygen atoms in total. The molecule has 2 aliphatic heterocycles. The van der Waals surface area contributed by atoms with Crippen LogP contribution in [0.4, 0.5) is 0 Å². The van der Waals surface area contributed by atoms with Crippen LogP contribution >= 0.6 is 0 Å². The van der Waals surface area contributed by atoms with Gasteiger partial charge < -0.3 is 9.47 Å². The summed E-state index contributed by atoms with van der Waals surface area (Å²) in [7, 11) is 0. The molecule has 0 aromatic heterocycles. The van der Waals surface area contributed by atoms with E-state index in [4.69, 9.17) is 9.47 Å². The summed E-state index contributed by atoms with van der Waals surface area (Å²) >= 11 is 0. The second kappa shape index (κ2) is 5.22. The SMILES string of the molecule is CC(C)=CCc1cccc2c1OC1OCCCC1=C2. The lowest BCUT2D eigenvalue weighted by atomic mass is 9.97. The highest BCUT2D eigenvalue weighted by Gasteiger charge is 2.27. The molecule has 1 unspecified atom stereocenters. The van der Waals surface area contributed by atoms with Crippen LogP contribution in [0.3, 0.4) is 0 Å². The van der Waals surface area contributed by atoms with Gasteiger partial charge in [0.05, 0.1) is 6.61 Å². The van der Waals surface area contributed by atoms with Gasteiger partial charge in [0.1, 0.15) is 5.75 Å². The highest BCUT2D eigenvalue weighted by atomic mass is 16.7. The van der Waals surface area contributed by atoms with Gasteiger partial charge in [-0.3, -0.25) is 0 Å². The molecular formula is C17H20O2. The number of hydrogen-bond donors (Lipinski definition) is 0. The molecule has 1 saturated heterocycles. The predicted molar refractivity (Wildman–Crippen MR) is 77.2 cm³/mol. The third kappa shape index (κ3) is 2.59. The molecule has 2 heterocycles. The molecule has 1 aromatic rings. The smallest absolute Gasteiger partial charge is 0.223 e. The first-order valence-electron chi connectivity index (χ1n) is 6.98. The van der Waals surface area contributed by atoms with Crippen LogP contribution in [0.2, 0.25) is 0 Å². The van der Waals surface area contributed by atoms with Gasteiger partial charge in [-0.1, -0.05) is 29.8 Å². The number of hydrogen-bond acceptors (Lipinski definition) is 2. The quantitative estimate of drug-likeness (QED) is 0.741. The molecule has 2 heteroatoms. The Kier molecular flexibility index (Phi) is 3.43. The molecule has 0 aliphatic carbocycles. The molecule has 0 bridgehead atoms. The van der Waals surface area contributed by atoms with Crippen LogP contribution in [0.25, 0.3) is 6.08 Å². The fourth-order valence-electron chi connectivity index (χ4n) is 2.59. The van der Waals surface area contributed by atoms with Crippen molar-refractivity contribution < 1.29 is 9.47 Å². The Labute approximate surface area is 114 Å². The minimum atomic E-state index is -0.158. The van der Waals surface area contributed by atoms with E-state index in [0.717, 1.165) is 31.6 Å². The van der Waals surface area contributed by atoms with Crippen molar-refractivity contribution in [2.75, 3.05) is 6.61 Å². The predicted octanol–water partition coefficient (Wildman–Crippen LogP) is 4.11. The molecule has 1 fully saturated rings. The summed E-state index contributed by atoms with van der Waals surface area (Å²) in [5.74, 6) is 0.996. The lowest BCUT2D eigenvalue weighted by Crippen LogP contribution is -2.30. The Hall–Kier alpha value is -1.54. The maximum atomic E-state index is 6.08. The third-order valence-electron chi connectivity index (χ3n) is 3.60. The molecule has 1 atom stereocenters. The first kappa shape index (κ1) is 12.5. The largest absolute Gasteiger partial charge is 0.460 e. The zero-order valence-corrected chi connectivity index (χ0v) is 11.6. The molecule has 3 rings (SSSR count). The first-order valence-corrected chi connectivity index (χ1v) is 6.98. The standard InChI is InChI=1S/C17H20O2/c1-12(2)8-9-13-5-3-6-14-11-15-7-4-10-18-17(15)19-16(13)14/h3,5-6,8,11,17H,4,7,9-10H2,1-2H3. The first-order chi connectivity index (χ1) is 9.24. The summed E-state index contributed by atoms with van der Waals surface area (Å²) < 4.78 is 11.8. The van der Waals surface area contributed by atoms with Gasteiger partial charge in [-0.2, -0.15) is 0 Å². The van der Waals surface area contributed by atoms with Gasteiger partial charge in [0.2, 0.25) is 6.29 Å². The van der Waals surface area contributed by atoms with Crippen LogP contribution in [0, 0.1) is 0 Å². The van der Waals surface area contributed by atoms with Gasteiger partial charge in [-0.15, -0.1) is 0 Å². The van der Waals surface area contributed by atoms with Crippen molar-refractivity contribution in [3.05, 3.63) is 46.5 Å². The van der Waals surface area contributed by atoms with E-state index in [2.05, 4.69) is 44.2 Å². The Morgan fingerprint density at radius 1 is 1.37 bits per heavy atom. The average molecular weight is 256 g/mol. The van der Waals surface area contributed by atoms with Gasteiger partial charge in [-0.05, 0) is 50.3 Å². The van der Waals surface area contributed by atoms with E-state index in [1.54, 1.807) is 0 Å². The summed E-state index contributed by atoms with van der Waals surface area (Å²) in [4.78, 5) is 0. The highest BCUT2D eigenvalue weighted by molar-refractivity contribution is 5.65. The Morgan fingerprint density at radius 3 is 3.11 bits per heavy atom. The Bertz CT molecular complexity index is 536. The lowest BCUT2D eigenvalue weighted by Gasteiger charge is -2.31. The molecule has 19 heavy (non-hydrogen) atoms. The second-order valence-corrected chi connectivity index (χ2v) is 5.46. The van der Waals surface area contributed by atoms with E-state index in [0.29, 0.717) is 0 Å². The van der Waals surface area contributed by atoms with E-state index < -0.39 is 0 Å². The van der Waals surface area contributed by atoms with Crippen LogP contribution in [-0.4, -0.2) is 12.9 Å². The lowest BCUT2D eigenvalue weighted by molar-refractivity contribution is -0.0727. The fraction of sp³-hybridized carbons (Fsp3) is 0.412. The van der Waals surface area contributed by atoms with E-state index in [9.17, 15) is 0 Å². The van der Waals surface area contributed by atoms with E-state index >= 15 is 0 Å². The van der Waals surface area contributed by atoms with Gasteiger partial charge in [0.25, 0.3) is 0 Å². The van der Waals surface area contributed by atoms with Crippen molar-refractivity contribution in [1.29, 1.82) is 0 Å². The fourth-order valence-corrected chi connectivity index (χ4v) is 2.59. The zero-order chi connectivity index (χ0) is 13.2. The maximum Gasteiger partial charge on any atom is 0.223 e. The van der Waals surface area contributed by atoms with Gasteiger partial charge in [0.15, 0.2) is 0 Å². The van der Waals surface area contributed by atoms with Crippen LogP contribution < -0.4 is 4.74 Å². The van der Waals surface area contributed by atoms with Crippen LogP contribution in [-0.2, 0) is 11.2 Å². The van der Waals surface area contributed by atoms with Crippen LogP contribution in [0.5, 0.6) is 5.75 Å². The van der Waals surface area contributed by atoms with Crippen molar-refractivity contribution in [3.63, 3.8) is 0 Å². The topological polar surface area (TPSA) is 18.5 Å². The van der Waals surface area contributed by atoms with Crippen molar-refractivity contribution in [3.8, 4) is 5.75 Å². The highest BCUT2D eigenvalue weighted by Crippen LogP contribution is 2.36. The summed E-state index contributed by atoms with van der Waals surface area (Å²) in [6.45, 7) is 5.05. The minimum Gasteiger partial charge on any atom is -0.460 e. The minimum absolute atomic E-state index is 0.158. The molecule has 0 amide bonds. The van der Waals surface area contributed by atoms with Gasteiger partial charge >= 0.3 is 0 Å². The number of fused-ring (bicyclic) bond motifs is 2. The van der Waals surface area contributed by atoms with Crippen LogP contribution in [0.1, 0.15) is 37.8 Å². The maximum absolute atomic E-state index is 6.08. The average Bonchev–Trinajstić information content (AvgIpc) is 2.42. The number of benzene rings is 1. The number of para-hydroxylation sites is 1. The van der Waals surface area contributed by atoms with E-state index in [1.165, 1.54) is 22.3 Å².